The maximum atomic E-state index is 12.3. The minimum atomic E-state index is -0.642. The van der Waals surface area contributed by atoms with E-state index in [-0.39, 0.29) is 11.9 Å². The molecule has 0 aliphatic carbocycles. The predicted octanol–water partition coefficient (Wildman–Crippen LogP) is 3.57. The molecule has 0 saturated heterocycles. The lowest BCUT2D eigenvalue weighted by Gasteiger charge is -2.30. The zero-order valence-electron chi connectivity index (χ0n) is 14.8. The third kappa shape index (κ3) is 4.25. The first-order valence-electron chi connectivity index (χ1n) is 8.21. The van der Waals surface area contributed by atoms with Crippen molar-refractivity contribution in [3.05, 3.63) is 40.1 Å². The highest BCUT2D eigenvalue weighted by atomic mass is 35.5. The smallest absolute Gasteiger partial charge is 0.337 e. The Balaban J connectivity index is 2.47. The van der Waals surface area contributed by atoms with Gasteiger partial charge in [-0.05, 0) is 30.0 Å². The summed E-state index contributed by atoms with van der Waals surface area (Å²) in [6.45, 7) is 6.37. The number of benzene rings is 1. The summed E-state index contributed by atoms with van der Waals surface area (Å²) in [4.78, 5) is 24.4. The summed E-state index contributed by atoms with van der Waals surface area (Å²) >= 11 is 6.30. The Morgan fingerprint density at radius 3 is 2.64 bits per heavy atom. The van der Waals surface area contributed by atoms with Gasteiger partial charge in [0.05, 0.1) is 30.4 Å². The van der Waals surface area contributed by atoms with E-state index in [1.54, 1.807) is 18.2 Å². The third-order valence-corrected chi connectivity index (χ3v) is 4.13. The molecule has 1 aliphatic heterocycles. The molecule has 25 heavy (non-hydrogen) atoms. The maximum Gasteiger partial charge on any atom is 0.337 e. The van der Waals surface area contributed by atoms with Crippen LogP contribution in [-0.4, -0.2) is 25.7 Å². The number of halogens is 1. The molecule has 1 aromatic carbocycles. The number of rotatable bonds is 6. The topological polar surface area (TPSA) is 76.7 Å². The Labute approximate surface area is 152 Å². The molecule has 0 saturated carbocycles. The Hall–Kier alpha value is -2.21. The van der Waals surface area contributed by atoms with Gasteiger partial charge < -0.3 is 20.1 Å². The SMILES string of the molecule is CCCOc1ccc(C2NC(=O)NC(C(C)C)=C2C(=O)OC)cc1Cl. The van der Waals surface area contributed by atoms with Gasteiger partial charge in [-0.2, -0.15) is 0 Å². The van der Waals surface area contributed by atoms with Crippen LogP contribution in [0.25, 0.3) is 0 Å². The zero-order valence-corrected chi connectivity index (χ0v) is 15.6. The van der Waals surface area contributed by atoms with Crippen molar-refractivity contribution < 1.29 is 19.1 Å². The van der Waals surface area contributed by atoms with Gasteiger partial charge in [-0.1, -0.05) is 38.4 Å². The highest BCUT2D eigenvalue weighted by Gasteiger charge is 2.34. The predicted molar refractivity (Wildman–Crippen MR) is 95.5 cm³/mol. The summed E-state index contributed by atoms with van der Waals surface area (Å²) in [5.41, 5.74) is 1.60. The fourth-order valence-corrected chi connectivity index (χ4v) is 2.90. The van der Waals surface area contributed by atoms with Crippen LogP contribution in [0.3, 0.4) is 0 Å². The summed E-state index contributed by atoms with van der Waals surface area (Å²) in [5, 5.41) is 5.90. The molecular formula is C18H23ClN2O4. The van der Waals surface area contributed by atoms with Gasteiger partial charge in [-0.15, -0.1) is 0 Å². The maximum absolute atomic E-state index is 12.3. The van der Waals surface area contributed by atoms with Crippen molar-refractivity contribution in [1.29, 1.82) is 0 Å². The number of nitrogens with one attached hydrogen (secondary N) is 2. The quantitative estimate of drug-likeness (QED) is 0.754. The van der Waals surface area contributed by atoms with E-state index in [1.165, 1.54) is 7.11 Å². The van der Waals surface area contributed by atoms with E-state index in [1.807, 2.05) is 20.8 Å². The molecule has 1 aliphatic rings. The molecule has 0 aromatic heterocycles. The first-order valence-corrected chi connectivity index (χ1v) is 8.58. The number of allylic oxidation sites excluding steroid dienone is 1. The molecule has 1 heterocycles. The fraction of sp³-hybridized carbons (Fsp3) is 0.444. The molecule has 136 valence electrons. The van der Waals surface area contributed by atoms with Gasteiger partial charge in [0.1, 0.15) is 5.75 Å². The van der Waals surface area contributed by atoms with Crippen molar-refractivity contribution in [1.82, 2.24) is 10.6 Å². The molecule has 2 amide bonds. The summed E-state index contributed by atoms with van der Waals surface area (Å²) in [5.74, 6) is 0.0223. The van der Waals surface area contributed by atoms with Crippen LogP contribution in [0.2, 0.25) is 5.02 Å². The molecule has 7 heteroatoms. The second-order valence-electron chi connectivity index (χ2n) is 6.04. The molecule has 2 N–H and O–H groups in total. The normalized spacial score (nSPS) is 17.2. The summed E-state index contributed by atoms with van der Waals surface area (Å²) in [6, 6.07) is 4.21. The first kappa shape index (κ1) is 19.1. The van der Waals surface area contributed by atoms with Crippen LogP contribution < -0.4 is 15.4 Å². The van der Waals surface area contributed by atoms with Crippen molar-refractivity contribution in [3.63, 3.8) is 0 Å². The van der Waals surface area contributed by atoms with Gasteiger partial charge in [0.2, 0.25) is 0 Å². The Kier molecular flexibility index (Phi) is 6.31. The van der Waals surface area contributed by atoms with Gasteiger partial charge in [-0.3, -0.25) is 0 Å². The molecule has 0 radical (unpaired) electrons. The lowest BCUT2D eigenvalue weighted by molar-refractivity contribution is -0.136. The average molecular weight is 367 g/mol. The minimum absolute atomic E-state index is 0.0507. The van der Waals surface area contributed by atoms with E-state index >= 15 is 0 Å². The average Bonchev–Trinajstić information content (AvgIpc) is 2.59. The first-order chi connectivity index (χ1) is 11.9. The van der Waals surface area contributed by atoms with Gasteiger partial charge in [0.25, 0.3) is 0 Å². The van der Waals surface area contributed by atoms with Crippen LogP contribution in [0.4, 0.5) is 4.79 Å². The molecule has 1 unspecified atom stereocenters. The number of carbonyl (C=O) groups is 2. The number of carbonyl (C=O) groups excluding carboxylic acids is 2. The fourth-order valence-electron chi connectivity index (χ4n) is 2.65. The monoisotopic (exact) mass is 366 g/mol. The number of hydrogen-bond acceptors (Lipinski definition) is 4. The molecule has 6 nitrogen and oxygen atoms in total. The lowest BCUT2D eigenvalue weighted by atomic mass is 9.91. The van der Waals surface area contributed by atoms with Crippen LogP contribution in [0.5, 0.6) is 5.75 Å². The van der Waals surface area contributed by atoms with Gasteiger partial charge in [-0.25, -0.2) is 9.59 Å². The van der Waals surface area contributed by atoms with Crippen LogP contribution in [0, 0.1) is 5.92 Å². The van der Waals surface area contributed by atoms with Crippen LogP contribution in [-0.2, 0) is 9.53 Å². The number of methoxy groups -OCH3 is 1. The van der Waals surface area contributed by atoms with Crippen LogP contribution in [0.1, 0.15) is 38.8 Å². The van der Waals surface area contributed by atoms with Crippen LogP contribution >= 0.6 is 11.6 Å². The molecule has 1 aromatic rings. The van der Waals surface area contributed by atoms with E-state index in [9.17, 15) is 9.59 Å². The number of ether oxygens (including phenoxy) is 2. The molecular weight excluding hydrogens is 344 g/mol. The number of hydrogen-bond donors (Lipinski definition) is 2. The van der Waals surface area contributed by atoms with Gasteiger partial charge in [0.15, 0.2) is 0 Å². The lowest BCUT2D eigenvalue weighted by Crippen LogP contribution is -2.47. The number of esters is 1. The van der Waals surface area contributed by atoms with Crippen molar-refractivity contribution in [3.8, 4) is 5.75 Å². The number of urea groups is 1. The van der Waals surface area contributed by atoms with E-state index in [2.05, 4.69) is 10.6 Å². The van der Waals surface area contributed by atoms with Gasteiger partial charge in [0, 0.05) is 5.70 Å². The Morgan fingerprint density at radius 2 is 2.08 bits per heavy atom. The highest BCUT2D eigenvalue weighted by Crippen LogP contribution is 2.34. The molecule has 0 spiro atoms. The molecule has 0 bridgehead atoms. The second-order valence-corrected chi connectivity index (χ2v) is 6.45. The Bertz CT molecular complexity index is 700. The van der Waals surface area contributed by atoms with E-state index < -0.39 is 12.0 Å². The largest absolute Gasteiger partial charge is 0.492 e. The molecule has 0 fully saturated rings. The summed E-state index contributed by atoms with van der Waals surface area (Å²) in [6.07, 6.45) is 0.870. The van der Waals surface area contributed by atoms with Crippen molar-refractivity contribution in [2.45, 2.75) is 33.2 Å². The van der Waals surface area contributed by atoms with Crippen molar-refractivity contribution in [2.75, 3.05) is 13.7 Å². The van der Waals surface area contributed by atoms with Crippen molar-refractivity contribution >= 4 is 23.6 Å². The van der Waals surface area contributed by atoms with Crippen LogP contribution in [0.15, 0.2) is 29.5 Å². The zero-order chi connectivity index (χ0) is 18.6. The third-order valence-electron chi connectivity index (χ3n) is 3.84. The molecule has 1 atom stereocenters. The Morgan fingerprint density at radius 1 is 1.36 bits per heavy atom. The van der Waals surface area contributed by atoms with Crippen molar-refractivity contribution in [2.24, 2.45) is 5.92 Å². The number of amides is 2. The highest BCUT2D eigenvalue weighted by molar-refractivity contribution is 6.32. The summed E-state index contributed by atoms with van der Waals surface area (Å²) < 4.78 is 10.5. The van der Waals surface area contributed by atoms with E-state index in [0.29, 0.717) is 34.2 Å². The molecule has 2 rings (SSSR count). The van der Waals surface area contributed by atoms with E-state index in [0.717, 1.165) is 6.42 Å². The summed E-state index contributed by atoms with van der Waals surface area (Å²) in [7, 11) is 1.31. The standard InChI is InChI=1S/C18H23ClN2O4/c1-5-8-25-13-7-6-11(9-12(13)19)16-14(17(22)24-4)15(10(2)3)20-18(23)21-16/h6-7,9-10,16H,5,8H2,1-4H3,(H2,20,21,23). The van der Waals surface area contributed by atoms with Gasteiger partial charge >= 0.3 is 12.0 Å². The second kappa shape index (κ2) is 8.25. The minimum Gasteiger partial charge on any atom is -0.492 e. The van der Waals surface area contributed by atoms with E-state index in [4.69, 9.17) is 21.1 Å².